The normalized spacial score (nSPS) is 11.5. The predicted molar refractivity (Wildman–Crippen MR) is 46.9 cm³/mol. The summed E-state index contributed by atoms with van der Waals surface area (Å²) in [6.45, 7) is 8.41. The van der Waals surface area contributed by atoms with E-state index in [0.29, 0.717) is 0 Å². The van der Waals surface area contributed by atoms with Gasteiger partial charge < -0.3 is 4.48 Å². The van der Waals surface area contributed by atoms with Crippen LogP contribution in [0.1, 0.15) is 19.8 Å². The van der Waals surface area contributed by atoms with Gasteiger partial charge in [0.2, 0.25) is 0 Å². The Balaban J connectivity index is 3.36. The van der Waals surface area contributed by atoms with Crippen molar-refractivity contribution in [2.75, 3.05) is 27.2 Å². The molecule has 0 radical (unpaired) electrons. The van der Waals surface area contributed by atoms with E-state index in [1.165, 1.54) is 19.5 Å². The predicted octanol–water partition coefficient (Wildman–Crippen LogP) is 2.05. The zero-order chi connectivity index (χ0) is 8.04. The first-order chi connectivity index (χ1) is 4.62. The van der Waals surface area contributed by atoms with Crippen molar-refractivity contribution in [2.45, 2.75) is 19.8 Å². The molecule has 0 aliphatic carbocycles. The van der Waals surface area contributed by atoms with Crippen molar-refractivity contribution in [1.82, 2.24) is 0 Å². The van der Waals surface area contributed by atoms with Gasteiger partial charge in [-0.05, 0) is 19.8 Å². The summed E-state index contributed by atoms with van der Waals surface area (Å²) >= 11 is 0. The highest BCUT2D eigenvalue weighted by Crippen LogP contribution is 2.00. The van der Waals surface area contributed by atoms with Gasteiger partial charge in [-0.25, -0.2) is 0 Å². The van der Waals surface area contributed by atoms with Crippen molar-refractivity contribution in [3.63, 3.8) is 0 Å². The van der Waals surface area contributed by atoms with E-state index in [0.717, 1.165) is 10.9 Å². The van der Waals surface area contributed by atoms with Gasteiger partial charge in [-0.1, -0.05) is 6.08 Å². The van der Waals surface area contributed by atoms with E-state index in [1.54, 1.807) is 0 Å². The van der Waals surface area contributed by atoms with E-state index in [1.807, 2.05) is 6.08 Å². The molecule has 0 aromatic rings. The first-order valence-electron chi connectivity index (χ1n) is 4.05. The van der Waals surface area contributed by atoms with Gasteiger partial charge in [0.25, 0.3) is 0 Å². The summed E-state index contributed by atoms with van der Waals surface area (Å²) in [5.41, 5.74) is 0. The molecule has 1 heteroatoms. The zero-order valence-corrected chi connectivity index (χ0v) is 7.56. The summed E-state index contributed by atoms with van der Waals surface area (Å²) in [6.07, 6.45) is 4.42. The topological polar surface area (TPSA) is 0 Å². The maximum absolute atomic E-state index is 3.70. The molecule has 0 heterocycles. The van der Waals surface area contributed by atoms with Gasteiger partial charge in [0.15, 0.2) is 0 Å². The Kier molecular flexibility index (Phi) is 4.37. The van der Waals surface area contributed by atoms with Gasteiger partial charge >= 0.3 is 0 Å². The lowest BCUT2D eigenvalue weighted by molar-refractivity contribution is -0.888. The molecule has 0 amide bonds. The van der Waals surface area contributed by atoms with E-state index in [4.69, 9.17) is 0 Å². The highest BCUT2D eigenvalue weighted by atomic mass is 15.3. The van der Waals surface area contributed by atoms with E-state index >= 15 is 0 Å². The molecule has 0 saturated heterocycles. The number of nitrogens with zero attached hydrogens (tertiary/aromatic N) is 1. The fraction of sp³-hybridized carbons (Fsp3) is 0.778. The molecule has 0 fully saturated rings. The van der Waals surface area contributed by atoms with Crippen LogP contribution in [-0.2, 0) is 0 Å². The molecule has 0 aliphatic heterocycles. The maximum Gasteiger partial charge on any atom is 0.0785 e. The lowest BCUT2D eigenvalue weighted by Gasteiger charge is -2.27. The van der Waals surface area contributed by atoms with E-state index < -0.39 is 0 Å². The van der Waals surface area contributed by atoms with Gasteiger partial charge in [-0.15, -0.1) is 6.58 Å². The summed E-state index contributed by atoms with van der Waals surface area (Å²) in [5, 5.41) is 0. The number of rotatable bonds is 5. The Morgan fingerprint density at radius 1 is 1.40 bits per heavy atom. The second-order valence-corrected chi connectivity index (χ2v) is 3.41. The first-order valence-corrected chi connectivity index (χ1v) is 4.05. The molecule has 60 valence electrons. The molecule has 0 atom stereocenters. The quantitative estimate of drug-likeness (QED) is 0.313. The molecule has 0 saturated carbocycles. The second-order valence-electron chi connectivity index (χ2n) is 3.41. The van der Waals surface area contributed by atoms with Crippen LogP contribution in [0.4, 0.5) is 0 Å². The highest BCUT2D eigenvalue weighted by molar-refractivity contribution is 4.64. The summed E-state index contributed by atoms with van der Waals surface area (Å²) < 4.78 is 1.13. The lowest BCUT2D eigenvalue weighted by atomic mass is 10.3. The van der Waals surface area contributed by atoms with E-state index in [2.05, 4.69) is 27.6 Å². The molecule has 0 spiro atoms. The zero-order valence-electron chi connectivity index (χ0n) is 7.56. The number of hydrogen-bond acceptors (Lipinski definition) is 0. The number of unbranched alkanes of at least 4 members (excludes halogenated alkanes) is 1. The molecule has 0 bridgehead atoms. The Morgan fingerprint density at radius 2 is 2.00 bits per heavy atom. The molecule has 10 heavy (non-hydrogen) atoms. The van der Waals surface area contributed by atoms with Crippen LogP contribution in [0.2, 0.25) is 0 Å². The Labute approximate surface area is 64.9 Å². The van der Waals surface area contributed by atoms with Crippen molar-refractivity contribution in [2.24, 2.45) is 0 Å². The maximum atomic E-state index is 3.70. The second kappa shape index (κ2) is 4.51. The van der Waals surface area contributed by atoms with Crippen molar-refractivity contribution >= 4 is 0 Å². The molecule has 1 nitrogen and oxygen atoms in total. The molecule has 0 aromatic carbocycles. The van der Waals surface area contributed by atoms with Crippen LogP contribution in [0.25, 0.3) is 0 Å². The minimum atomic E-state index is 1.13. The molecular formula is C9H20N+. The fourth-order valence-corrected chi connectivity index (χ4v) is 0.822. The number of allylic oxidation sites excluding steroid dienone is 1. The molecule has 0 aromatic heterocycles. The third kappa shape index (κ3) is 4.57. The molecule has 0 N–H and O–H groups in total. The van der Waals surface area contributed by atoms with Crippen LogP contribution < -0.4 is 0 Å². The summed E-state index contributed by atoms with van der Waals surface area (Å²) in [4.78, 5) is 0. The van der Waals surface area contributed by atoms with Crippen LogP contribution in [0.15, 0.2) is 12.7 Å². The highest BCUT2D eigenvalue weighted by Gasteiger charge is 2.08. The SMILES string of the molecule is C=CCCC[N+](C)(C)CC. The van der Waals surface area contributed by atoms with Gasteiger partial charge in [0, 0.05) is 0 Å². The van der Waals surface area contributed by atoms with Gasteiger partial charge in [0.05, 0.1) is 27.2 Å². The Morgan fingerprint density at radius 3 is 2.40 bits per heavy atom. The smallest absolute Gasteiger partial charge is 0.0785 e. The summed E-state index contributed by atoms with van der Waals surface area (Å²) in [7, 11) is 4.53. The Hall–Kier alpha value is -0.300. The molecule has 0 unspecified atom stereocenters. The molecular weight excluding hydrogens is 122 g/mol. The van der Waals surface area contributed by atoms with Gasteiger partial charge in [0.1, 0.15) is 0 Å². The van der Waals surface area contributed by atoms with Gasteiger partial charge in [-0.2, -0.15) is 0 Å². The Bertz CT molecular complexity index is 94.9. The van der Waals surface area contributed by atoms with Crippen molar-refractivity contribution in [3.05, 3.63) is 12.7 Å². The number of quaternary nitrogens is 1. The molecule has 0 rings (SSSR count). The monoisotopic (exact) mass is 142 g/mol. The average molecular weight is 142 g/mol. The third-order valence-corrected chi connectivity index (χ3v) is 2.03. The number of hydrogen-bond donors (Lipinski definition) is 0. The lowest BCUT2D eigenvalue weighted by Crippen LogP contribution is -2.39. The standard InChI is InChI=1S/C9H20N/c1-5-7-8-9-10(3,4)6-2/h5H,1,6-9H2,2-4H3/q+1. The molecule has 0 aliphatic rings. The van der Waals surface area contributed by atoms with Crippen LogP contribution in [0, 0.1) is 0 Å². The third-order valence-electron chi connectivity index (χ3n) is 2.03. The van der Waals surface area contributed by atoms with Crippen molar-refractivity contribution in [3.8, 4) is 0 Å². The summed E-state index contributed by atoms with van der Waals surface area (Å²) in [5.74, 6) is 0. The first kappa shape index (κ1) is 9.70. The summed E-state index contributed by atoms with van der Waals surface area (Å²) in [6, 6.07) is 0. The van der Waals surface area contributed by atoms with Crippen LogP contribution in [0.3, 0.4) is 0 Å². The van der Waals surface area contributed by atoms with Crippen LogP contribution in [-0.4, -0.2) is 31.7 Å². The largest absolute Gasteiger partial charge is 0.329 e. The van der Waals surface area contributed by atoms with Crippen LogP contribution >= 0.6 is 0 Å². The minimum Gasteiger partial charge on any atom is -0.329 e. The van der Waals surface area contributed by atoms with Crippen LogP contribution in [0.5, 0.6) is 0 Å². The van der Waals surface area contributed by atoms with E-state index in [9.17, 15) is 0 Å². The van der Waals surface area contributed by atoms with Crippen molar-refractivity contribution in [1.29, 1.82) is 0 Å². The minimum absolute atomic E-state index is 1.13. The fourth-order valence-electron chi connectivity index (χ4n) is 0.822. The van der Waals surface area contributed by atoms with Gasteiger partial charge in [-0.3, -0.25) is 0 Å². The van der Waals surface area contributed by atoms with Crippen molar-refractivity contribution < 1.29 is 4.48 Å². The average Bonchev–Trinajstić information content (AvgIpc) is 1.89. The van der Waals surface area contributed by atoms with E-state index in [-0.39, 0.29) is 0 Å².